The summed E-state index contributed by atoms with van der Waals surface area (Å²) < 4.78 is 5.17. The van der Waals surface area contributed by atoms with Gasteiger partial charge in [0.15, 0.2) is 0 Å². The number of rotatable bonds is 6. The Morgan fingerprint density at radius 1 is 1.69 bits per heavy atom. The van der Waals surface area contributed by atoms with Gasteiger partial charge < -0.3 is 10.5 Å². The quantitative estimate of drug-likeness (QED) is 0.146. The van der Waals surface area contributed by atoms with Crippen molar-refractivity contribution in [2.75, 3.05) is 13.2 Å². The summed E-state index contributed by atoms with van der Waals surface area (Å²) in [6.45, 7) is 6.34. The van der Waals surface area contributed by atoms with Crippen molar-refractivity contribution >= 4 is 34.3 Å². The molecule has 0 aliphatic carbocycles. The highest BCUT2D eigenvalue weighted by Crippen LogP contribution is 2.22. The second kappa shape index (κ2) is 7.49. The Kier molecular flexibility index (Phi) is 7.54. The van der Waals surface area contributed by atoms with E-state index < -0.39 is 0 Å². The maximum Gasteiger partial charge on any atom is 0.147 e. The zero-order valence-corrected chi connectivity index (χ0v) is 10.6. The first-order chi connectivity index (χ1) is 6.06. The van der Waals surface area contributed by atoms with Crippen LogP contribution in [0.15, 0.2) is 17.3 Å². The molecule has 0 aliphatic rings. The highest BCUT2D eigenvalue weighted by molar-refractivity contribution is 14.2. The van der Waals surface area contributed by atoms with Crippen molar-refractivity contribution in [2.45, 2.75) is 6.92 Å². The summed E-state index contributed by atoms with van der Waals surface area (Å²) in [6, 6.07) is 0. The number of ether oxygens (including phenoxy) is 1. The third-order valence-electron chi connectivity index (χ3n) is 0.921. The minimum atomic E-state index is 0.279. The van der Waals surface area contributed by atoms with E-state index in [-0.39, 0.29) is 6.61 Å². The van der Waals surface area contributed by atoms with Crippen molar-refractivity contribution in [3.63, 3.8) is 0 Å². The number of nitrogens with two attached hydrogens (primary N) is 2. The van der Waals surface area contributed by atoms with Crippen molar-refractivity contribution in [2.24, 2.45) is 16.7 Å². The molecule has 5 nitrogen and oxygen atoms in total. The number of hydrazine groups is 1. The van der Waals surface area contributed by atoms with Gasteiger partial charge in [-0.05, 0) is 29.0 Å². The van der Waals surface area contributed by atoms with Gasteiger partial charge in [-0.3, -0.25) is 0 Å². The van der Waals surface area contributed by atoms with Gasteiger partial charge >= 0.3 is 0 Å². The first kappa shape index (κ1) is 13.1. The highest BCUT2D eigenvalue weighted by atomic mass is 127. The maximum absolute atomic E-state index is 5.51. The fraction of sp³-hybridized carbons (Fsp3) is 0.500. The molecule has 0 saturated heterocycles. The lowest BCUT2D eigenvalue weighted by Crippen LogP contribution is -2.25. The molecule has 0 amide bonds. The van der Waals surface area contributed by atoms with Gasteiger partial charge in [0.2, 0.25) is 0 Å². The summed E-state index contributed by atoms with van der Waals surface area (Å²) in [5.74, 6) is 5.77. The smallest absolute Gasteiger partial charge is 0.147 e. The molecule has 4 N–H and O–H groups in total. The summed E-state index contributed by atoms with van der Waals surface area (Å²) >= 11 is 2.11. The van der Waals surface area contributed by atoms with Crippen molar-refractivity contribution in [3.8, 4) is 0 Å². The van der Waals surface area contributed by atoms with E-state index in [0.29, 0.717) is 18.8 Å². The molecule has 0 spiro atoms. The first-order valence-electron chi connectivity index (χ1n) is 3.52. The predicted octanol–water partition coefficient (Wildman–Crippen LogP) is 0.970. The average molecular weight is 316 g/mol. The third kappa shape index (κ3) is 8.42. The number of hydrazone groups is 1. The SMILES string of the molecule is C=C(C)COC/C(N)=N/N(N)PI. The Balaban J connectivity index is 3.66. The van der Waals surface area contributed by atoms with Crippen LogP contribution in [-0.4, -0.2) is 23.9 Å². The molecular formula is C6H14IN4OP. The van der Waals surface area contributed by atoms with E-state index in [1.807, 2.05) is 6.92 Å². The molecule has 0 aromatic rings. The van der Waals surface area contributed by atoms with Crippen molar-refractivity contribution in [3.05, 3.63) is 12.2 Å². The average Bonchev–Trinajstić information content (AvgIpc) is 2.03. The van der Waals surface area contributed by atoms with E-state index in [9.17, 15) is 0 Å². The van der Waals surface area contributed by atoms with Crippen LogP contribution in [0.25, 0.3) is 0 Å². The maximum atomic E-state index is 5.51. The van der Waals surface area contributed by atoms with Crippen LogP contribution < -0.4 is 11.6 Å². The van der Waals surface area contributed by atoms with Gasteiger partial charge in [-0.2, -0.15) is 0 Å². The standard InChI is InChI=1S/C6H14IN4OP/c1-5(2)3-12-4-6(8)10-11(9)13-7/h13H,1,3-4,9H2,2H3,(H2,8,10). The topological polar surface area (TPSA) is 76.9 Å². The third-order valence-corrected chi connectivity index (χ3v) is 2.68. The van der Waals surface area contributed by atoms with Gasteiger partial charge in [-0.25, -0.2) is 10.7 Å². The lowest BCUT2D eigenvalue weighted by Gasteiger charge is -2.09. The lowest BCUT2D eigenvalue weighted by molar-refractivity contribution is 0.195. The van der Waals surface area contributed by atoms with Gasteiger partial charge in [0.05, 0.1) is 13.0 Å². The molecule has 0 saturated carbocycles. The first-order valence-corrected chi connectivity index (χ1v) is 7.58. The van der Waals surface area contributed by atoms with Crippen molar-refractivity contribution in [1.82, 2.24) is 4.89 Å². The second-order valence-corrected chi connectivity index (χ2v) is 4.54. The number of hydrogen-bond acceptors (Lipinski definition) is 4. The van der Waals surface area contributed by atoms with Gasteiger partial charge in [0.1, 0.15) is 12.4 Å². The van der Waals surface area contributed by atoms with E-state index in [0.717, 1.165) is 5.57 Å². The highest BCUT2D eigenvalue weighted by Gasteiger charge is 1.95. The lowest BCUT2D eigenvalue weighted by atomic mass is 10.4. The van der Waals surface area contributed by atoms with Crippen LogP contribution in [0, 0.1) is 0 Å². The molecule has 13 heavy (non-hydrogen) atoms. The molecule has 0 aromatic carbocycles. The van der Waals surface area contributed by atoms with Crippen molar-refractivity contribution < 1.29 is 4.74 Å². The Morgan fingerprint density at radius 3 is 2.77 bits per heavy atom. The summed E-state index contributed by atoms with van der Waals surface area (Å²) in [7, 11) is 0. The zero-order valence-electron chi connectivity index (χ0n) is 7.46. The molecular weight excluding hydrogens is 302 g/mol. The van der Waals surface area contributed by atoms with Gasteiger partial charge in [-0.15, -0.1) is 5.10 Å². The van der Waals surface area contributed by atoms with Crippen LogP contribution in [0.4, 0.5) is 0 Å². The molecule has 0 aliphatic heterocycles. The van der Waals surface area contributed by atoms with Gasteiger partial charge in [0.25, 0.3) is 0 Å². The molecule has 76 valence electrons. The van der Waals surface area contributed by atoms with Crippen LogP contribution in [0.2, 0.25) is 0 Å². The van der Waals surface area contributed by atoms with E-state index in [4.69, 9.17) is 16.3 Å². The summed E-state index contributed by atoms with van der Waals surface area (Å²) in [6.07, 6.45) is 0.365. The van der Waals surface area contributed by atoms with Crippen LogP contribution in [-0.2, 0) is 4.74 Å². The number of amidine groups is 1. The number of hydrogen-bond donors (Lipinski definition) is 2. The minimum Gasteiger partial charge on any atom is -0.384 e. The van der Waals surface area contributed by atoms with Gasteiger partial charge in [0, 0.05) is 0 Å². The van der Waals surface area contributed by atoms with Crippen molar-refractivity contribution in [1.29, 1.82) is 0 Å². The Hall–Kier alpha value is 0.0900. The molecule has 7 heteroatoms. The zero-order chi connectivity index (χ0) is 10.3. The van der Waals surface area contributed by atoms with Crippen LogP contribution >= 0.6 is 28.4 Å². The molecule has 0 aromatic heterocycles. The molecule has 0 fully saturated rings. The van der Waals surface area contributed by atoms with Crippen LogP contribution in [0.1, 0.15) is 6.92 Å². The Morgan fingerprint density at radius 2 is 2.31 bits per heavy atom. The monoisotopic (exact) mass is 316 g/mol. The Bertz CT molecular complexity index is 199. The largest absolute Gasteiger partial charge is 0.384 e. The molecule has 0 heterocycles. The number of halogens is 1. The molecule has 1 atom stereocenters. The van der Waals surface area contributed by atoms with E-state index in [1.54, 1.807) is 0 Å². The van der Waals surface area contributed by atoms with Crippen LogP contribution in [0.5, 0.6) is 0 Å². The van der Waals surface area contributed by atoms with E-state index in [2.05, 4.69) is 33.7 Å². The van der Waals surface area contributed by atoms with Gasteiger partial charge in [-0.1, -0.05) is 12.2 Å². The summed E-state index contributed by atoms with van der Waals surface area (Å²) in [4.78, 5) is 1.28. The summed E-state index contributed by atoms with van der Waals surface area (Å²) in [5, 5.41) is 3.85. The minimum absolute atomic E-state index is 0.279. The molecule has 0 bridgehead atoms. The summed E-state index contributed by atoms with van der Waals surface area (Å²) in [5.41, 5.74) is 6.46. The van der Waals surface area contributed by atoms with E-state index in [1.165, 1.54) is 4.89 Å². The molecule has 0 radical (unpaired) electrons. The van der Waals surface area contributed by atoms with Crippen LogP contribution in [0.3, 0.4) is 0 Å². The predicted molar refractivity (Wildman–Crippen MR) is 65.6 cm³/mol. The molecule has 0 rings (SSSR count). The second-order valence-electron chi connectivity index (χ2n) is 2.47. The fourth-order valence-corrected chi connectivity index (χ4v) is 1.01. The number of nitrogens with zero attached hydrogens (tertiary/aromatic N) is 2. The fourth-order valence-electron chi connectivity index (χ4n) is 0.516. The Labute approximate surface area is 92.8 Å². The van der Waals surface area contributed by atoms with E-state index >= 15 is 0 Å². The molecule has 1 unspecified atom stereocenters. The normalized spacial score (nSPS) is 12.4.